The van der Waals surface area contributed by atoms with Crippen LogP contribution >= 0.6 is 0 Å². The number of carbonyl (C=O) groups excluding carboxylic acids is 1. The van der Waals surface area contributed by atoms with Crippen molar-refractivity contribution in [3.63, 3.8) is 0 Å². The van der Waals surface area contributed by atoms with Crippen LogP contribution in [-0.2, 0) is 14.3 Å². The highest BCUT2D eigenvalue weighted by Crippen LogP contribution is 2.21. The minimum Gasteiger partial charge on any atom is -0.481 e. The van der Waals surface area contributed by atoms with Gasteiger partial charge in [0.2, 0.25) is 0 Å². The van der Waals surface area contributed by atoms with E-state index < -0.39 is 17.9 Å². The number of aliphatic carboxylic acids is 1. The molecule has 0 aromatic carbocycles. The Bertz CT molecular complexity index is 393. The van der Waals surface area contributed by atoms with Gasteiger partial charge < -0.3 is 9.84 Å². The van der Waals surface area contributed by atoms with Gasteiger partial charge in [-0.15, -0.1) is 0 Å². The fourth-order valence-electron chi connectivity index (χ4n) is 1.87. The first-order valence-corrected chi connectivity index (χ1v) is 6.94. The number of carboxylic acids is 1. The molecule has 0 aromatic rings. The molecule has 0 spiro atoms. The van der Waals surface area contributed by atoms with Crippen LogP contribution in [0.5, 0.6) is 0 Å². The molecule has 4 heteroatoms. The molecule has 1 N–H and O–H groups in total. The summed E-state index contributed by atoms with van der Waals surface area (Å²) in [5, 5.41) is 9.21. The van der Waals surface area contributed by atoms with Gasteiger partial charge in [-0.25, -0.2) is 0 Å². The lowest BCUT2D eigenvalue weighted by molar-refractivity contribution is -0.151. The van der Waals surface area contributed by atoms with Gasteiger partial charge in [-0.3, -0.25) is 9.59 Å². The van der Waals surface area contributed by atoms with Crippen LogP contribution < -0.4 is 0 Å². The standard InChI is InChI=1S/C16H26O4/c1-6-11(2)7-8-12(3)9-13(4)14(16(18)19)10-15(17)20-5/h7,9,13-14H,6,8,10H2,1-5H3,(H,18,19)/b11-7-,12-9?. The van der Waals surface area contributed by atoms with Gasteiger partial charge in [-0.1, -0.05) is 37.1 Å². The Morgan fingerprint density at radius 1 is 1.25 bits per heavy atom. The normalized spacial score (nSPS) is 15.7. The molecule has 2 unspecified atom stereocenters. The third-order valence-corrected chi connectivity index (χ3v) is 3.44. The molecule has 0 aliphatic carbocycles. The van der Waals surface area contributed by atoms with E-state index in [2.05, 4.69) is 24.7 Å². The van der Waals surface area contributed by atoms with Crippen molar-refractivity contribution in [2.75, 3.05) is 7.11 Å². The zero-order chi connectivity index (χ0) is 15.7. The summed E-state index contributed by atoms with van der Waals surface area (Å²) in [6.45, 7) is 7.98. The summed E-state index contributed by atoms with van der Waals surface area (Å²) in [5.74, 6) is -2.40. The van der Waals surface area contributed by atoms with Crippen molar-refractivity contribution in [3.8, 4) is 0 Å². The predicted octanol–water partition coefficient (Wildman–Crippen LogP) is 3.58. The molecule has 20 heavy (non-hydrogen) atoms. The lowest BCUT2D eigenvalue weighted by Gasteiger charge is -2.16. The van der Waals surface area contributed by atoms with Crippen molar-refractivity contribution >= 4 is 11.9 Å². The summed E-state index contributed by atoms with van der Waals surface area (Å²) in [6.07, 6.45) is 5.81. The molecule has 0 bridgehead atoms. The minimum absolute atomic E-state index is 0.0966. The first-order chi connectivity index (χ1) is 9.31. The van der Waals surface area contributed by atoms with Gasteiger partial charge in [0.25, 0.3) is 0 Å². The number of hydrogen-bond acceptors (Lipinski definition) is 3. The average molecular weight is 282 g/mol. The third kappa shape index (κ3) is 7.12. The van der Waals surface area contributed by atoms with Crippen LogP contribution in [0.1, 0.15) is 47.0 Å². The van der Waals surface area contributed by atoms with E-state index in [0.29, 0.717) is 0 Å². The number of hydrogen-bond donors (Lipinski definition) is 1. The van der Waals surface area contributed by atoms with Crippen molar-refractivity contribution in [3.05, 3.63) is 23.3 Å². The van der Waals surface area contributed by atoms with Gasteiger partial charge in [0.15, 0.2) is 0 Å². The third-order valence-electron chi connectivity index (χ3n) is 3.44. The molecule has 0 saturated carbocycles. The van der Waals surface area contributed by atoms with Gasteiger partial charge >= 0.3 is 11.9 Å². The van der Waals surface area contributed by atoms with Crippen LogP contribution in [0.15, 0.2) is 23.3 Å². The predicted molar refractivity (Wildman–Crippen MR) is 79.3 cm³/mol. The Morgan fingerprint density at radius 3 is 2.30 bits per heavy atom. The summed E-state index contributed by atoms with van der Waals surface area (Å²) in [4.78, 5) is 22.5. The minimum atomic E-state index is -0.966. The fraction of sp³-hybridized carbons (Fsp3) is 0.625. The number of esters is 1. The number of ether oxygens (including phenoxy) is 1. The van der Waals surface area contributed by atoms with E-state index in [1.807, 2.05) is 19.9 Å². The van der Waals surface area contributed by atoms with Gasteiger partial charge in [0.05, 0.1) is 19.4 Å². The molecule has 0 saturated heterocycles. The molecule has 4 nitrogen and oxygen atoms in total. The monoisotopic (exact) mass is 282 g/mol. The summed E-state index contributed by atoms with van der Waals surface area (Å²) >= 11 is 0. The van der Waals surface area contributed by atoms with Gasteiger partial charge in [-0.05, 0) is 32.6 Å². The molecule has 0 amide bonds. The van der Waals surface area contributed by atoms with E-state index in [1.165, 1.54) is 12.7 Å². The Morgan fingerprint density at radius 2 is 1.85 bits per heavy atom. The van der Waals surface area contributed by atoms with Crippen LogP contribution in [0, 0.1) is 11.8 Å². The lowest BCUT2D eigenvalue weighted by Crippen LogP contribution is -2.24. The van der Waals surface area contributed by atoms with E-state index in [1.54, 1.807) is 0 Å². The molecule has 0 heterocycles. The van der Waals surface area contributed by atoms with Crippen molar-refractivity contribution in [2.24, 2.45) is 11.8 Å². The smallest absolute Gasteiger partial charge is 0.307 e. The largest absolute Gasteiger partial charge is 0.481 e. The molecule has 0 rings (SSSR count). The Hall–Kier alpha value is -1.58. The number of methoxy groups -OCH3 is 1. The maximum Gasteiger partial charge on any atom is 0.307 e. The Kier molecular flexibility index (Phi) is 8.61. The van der Waals surface area contributed by atoms with Crippen LogP contribution in [-0.4, -0.2) is 24.2 Å². The quantitative estimate of drug-likeness (QED) is 0.546. The molecule has 0 fully saturated rings. The van der Waals surface area contributed by atoms with Crippen LogP contribution in [0.25, 0.3) is 0 Å². The topological polar surface area (TPSA) is 63.6 Å². The molecule has 0 aliphatic rings. The second kappa shape index (κ2) is 9.34. The first-order valence-electron chi connectivity index (χ1n) is 6.94. The average Bonchev–Trinajstić information content (AvgIpc) is 2.40. The summed E-state index contributed by atoms with van der Waals surface area (Å²) in [7, 11) is 1.27. The molecule has 114 valence electrons. The van der Waals surface area contributed by atoms with Crippen molar-refractivity contribution in [1.29, 1.82) is 0 Å². The first kappa shape index (κ1) is 18.4. The highest BCUT2D eigenvalue weighted by atomic mass is 16.5. The van der Waals surface area contributed by atoms with Crippen LogP contribution in [0.2, 0.25) is 0 Å². The number of carboxylic acid groups (broad SMARTS) is 1. The molecular formula is C16H26O4. The summed E-state index contributed by atoms with van der Waals surface area (Å²) < 4.78 is 4.55. The zero-order valence-corrected chi connectivity index (χ0v) is 13.1. The highest BCUT2D eigenvalue weighted by molar-refractivity contribution is 5.79. The second-order valence-electron chi connectivity index (χ2n) is 5.21. The van der Waals surface area contributed by atoms with E-state index in [4.69, 9.17) is 0 Å². The maximum atomic E-state index is 11.3. The number of allylic oxidation sites excluding steroid dienone is 4. The fourth-order valence-corrected chi connectivity index (χ4v) is 1.87. The second-order valence-corrected chi connectivity index (χ2v) is 5.21. The highest BCUT2D eigenvalue weighted by Gasteiger charge is 2.26. The van der Waals surface area contributed by atoms with Crippen molar-refractivity contribution in [1.82, 2.24) is 0 Å². The molecular weight excluding hydrogens is 256 g/mol. The SMILES string of the molecule is CC/C(C)=C\CC(C)=CC(C)C(CC(=O)OC)C(=O)O. The van der Waals surface area contributed by atoms with E-state index >= 15 is 0 Å². The number of rotatable bonds is 8. The maximum absolute atomic E-state index is 11.3. The van der Waals surface area contributed by atoms with Gasteiger partial charge in [0.1, 0.15) is 0 Å². The lowest BCUT2D eigenvalue weighted by atomic mass is 9.89. The van der Waals surface area contributed by atoms with Crippen LogP contribution in [0.4, 0.5) is 0 Å². The molecule has 0 radical (unpaired) electrons. The molecule has 0 aliphatic heterocycles. The Labute approximate surface area is 121 Å². The van der Waals surface area contributed by atoms with E-state index in [-0.39, 0.29) is 12.3 Å². The van der Waals surface area contributed by atoms with Crippen LogP contribution in [0.3, 0.4) is 0 Å². The van der Waals surface area contributed by atoms with Gasteiger partial charge in [0, 0.05) is 0 Å². The summed E-state index contributed by atoms with van der Waals surface area (Å²) in [6, 6.07) is 0. The van der Waals surface area contributed by atoms with E-state index in [9.17, 15) is 14.7 Å². The number of carbonyl (C=O) groups is 2. The van der Waals surface area contributed by atoms with Crippen molar-refractivity contribution < 1.29 is 19.4 Å². The molecule has 2 atom stereocenters. The summed E-state index contributed by atoms with van der Waals surface area (Å²) in [5.41, 5.74) is 2.43. The van der Waals surface area contributed by atoms with Crippen molar-refractivity contribution in [2.45, 2.75) is 47.0 Å². The molecule has 0 aromatic heterocycles. The van der Waals surface area contributed by atoms with Gasteiger partial charge in [-0.2, -0.15) is 0 Å². The zero-order valence-electron chi connectivity index (χ0n) is 13.1. The van der Waals surface area contributed by atoms with E-state index in [0.717, 1.165) is 18.4 Å². The Balaban J connectivity index is 4.77.